The predicted octanol–water partition coefficient (Wildman–Crippen LogP) is 2.72. The van der Waals surface area contributed by atoms with Crippen LogP contribution >= 0.6 is 0 Å². The SMILES string of the molecule is COC(=O)N1CCN(C(=O)C2CC2c2cccc(C(F)(F)F)c2)CC1. The molecular formula is C17H19F3N2O3. The predicted molar refractivity (Wildman–Crippen MR) is 82.9 cm³/mol. The highest BCUT2D eigenvalue weighted by Gasteiger charge is 2.46. The van der Waals surface area contributed by atoms with E-state index in [9.17, 15) is 22.8 Å². The average molecular weight is 356 g/mol. The maximum Gasteiger partial charge on any atom is 0.416 e. The van der Waals surface area contributed by atoms with Gasteiger partial charge >= 0.3 is 12.3 Å². The third kappa shape index (κ3) is 3.72. The van der Waals surface area contributed by atoms with Gasteiger partial charge in [-0.1, -0.05) is 18.2 Å². The van der Waals surface area contributed by atoms with Crippen molar-refractivity contribution in [2.45, 2.75) is 18.5 Å². The molecule has 3 rings (SSSR count). The summed E-state index contributed by atoms with van der Waals surface area (Å²) >= 11 is 0. The van der Waals surface area contributed by atoms with E-state index in [4.69, 9.17) is 0 Å². The van der Waals surface area contributed by atoms with Crippen LogP contribution in [0.3, 0.4) is 0 Å². The smallest absolute Gasteiger partial charge is 0.416 e. The highest BCUT2D eigenvalue weighted by atomic mass is 19.4. The van der Waals surface area contributed by atoms with E-state index >= 15 is 0 Å². The van der Waals surface area contributed by atoms with Gasteiger partial charge in [0.2, 0.25) is 5.91 Å². The van der Waals surface area contributed by atoms with Crippen LogP contribution in [-0.2, 0) is 15.7 Å². The van der Waals surface area contributed by atoms with E-state index in [1.807, 2.05) is 0 Å². The molecule has 1 aromatic carbocycles. The molecule has 1 aliphatic carbocycles. The molecule has 2 amide bonds. The molecule has 2 unspecified atom stereocenters. The number of carbonyl (C=O) groups is 2. The van der Waals surface area contributed by atoms with Crippen LogP contribution in [0.1, 0.15) is 23.5 Å². The molecule has 0 bridgehead atoms. The van der Waals surface area contributed by atoms with E-state index in [0.29, 0.717) is 38.2 Å². The number of hydrogen-bond acceptors (Lipinski definition) is 3. The highest BCUT2D eigenvalue weighted by molar-refractivity contribution is 5.83. The summed E-state index contributed by atoms with van der Waals surface area (Å²) in [5.74, 6) is -0.478. The van der Waals surface area contributed by atoms with Crippen molar-refractivity contribution in [3.8, 4) is 0 Å². The summed E-state index contributed by atoms with van der Waals surface area (Å²) < 4.78 is 43.1. The topological polar surface area (TPSA) is 49.9 Å². The number of piperazine rings is 1. The minimum Gasteiger partial charge on any atom is -0.453 e. The minimum atomic E-state index is -4.38. The quantitative estimate of drug-likeness (QED) is 0.819. The van der Waals surface area contributed by atoms with Crippen LogP contribution in [0.2, 0.25) is 0 Å². The van der Waals surface area contributed by atoms with Gasteiger partial charge in [0, 0.05) is 32.1 Å². The van der Waals surface area contributed by atoms with Crippen LogP contribution in [0.15, 0.2) is 24.3 Å². The van der Waals surface area contributed by atoms with Gasteiger partial charge in [-0.15, -0.1) is 0 Å². The van der Waals surface area contributed by atoms with Crippen molar-refractivity contribution >= 4 is 12.0 Å². The maximum atomic E-state index is 12.8. The van der Waals surface area contributed by atoms with Crippen molar-refractivity contribution in [1.29, 1.82) is 0 Å². The summed E-state index contributed by atoms with van der Waals surface area (Å²) in [5, 5.41) is 0. The van der Waals surface area contributed by atoms with Gasteiger partial charge in [-0.25, -0.2) is 4.79 Å². The summed E-state index contributed by atoms with van der Waals surface area (Å²) in [5.41, 5.74) is -0.129. The Morgan fingerprint density at radius 1 is 1.12 bits per heavy atom. The van der Waals surface area contributed by atoms with Crippen molar-refractivity contribution in [3.05, 3.63) is 35.4 Å². The maximum absolute atomic E-state index is 12.8. The molecule has 1 heterocycles. The third-order valence-corrected chi connectivity index (χ3v) is 4.77. The number of carbonyl (C=O) groups excluding carboxylic acids is 2. The molecule has 2 fully saturated rings. The Labute approximate surface area is 143 Å². The van der Waals surface area contributed by atoms with Crippen molar-refractivity contribution in [3.63, 3.8) is 0 Å². The Bertz CT molecular complexity index is 669. The Morgan fingerprint density at radius 2 is 1.76 bits per heavy atom. The molecule has 1 aromatic rings. The summed E-state index contributed by atoms with van der Waals surface area (Å²) in [6, 6.07) is 5.19. The zero-order chi connectivity index (χ0) is 18.2. The Hall–Kier alpha value is -2.25. The van der Waals surface area contributed by atoms with Crippen LogP contribution in [0.25, 0.3) is 0 Å². The number of ether oxygens (including phenoxy) is 1. The molecule has 0 spiro atoms. The summed E-state index contributed by atoms with van der Waals surface area (Å²) in [4.78, 5) is 27.2. The van der Waals surface area contributed by atoms with Gasteiger partial charge in [-0.05, 0) is 24.0 Å². The van der Waals surface area contributed by atoms with Crippen LogP contribution < -0.4 is 0 Å². The van der Waals surface area contributed by atoms with Crippen molar-refractivity contribution in [1.82, 2.24) is 9.80 Å². The van der Waals surface area contributed by atoms with E-state index in [1.165, 1.54) is 18.1 Å². The van der Waals surface area contributed by atoms with Gasteiger partial charge in [0.05, 0.1) is 12.7 Å². The van der Waals surface area contributed by atoms with Crippen molar-refractivity contribution < 1.29 is 27.5 Å². The number of rotatable bonds is 2. The summed E-state index contributed by atoms with van der Waals surface area (Å²) in [6.45, 7) is 1.64. The number of methoxy groups -OCH3 is 1. The van der Waals surface area contributed by atoms with Crippen LogP contribution in [0.4, 0.5) is 18.0 Å². The number of nitrogens with zero attached hydrogens (tertiary/aromatic N) is 2. The molecule has 0 N–H and O–H groups in total. The fourth-order valence-corrected chi connectivity index (χ4v) is 3.25. The lowest BCUT2D eigenvalue weighted by molar-refractivity contribution is -0.137. The number of alkyl halides is 3. The first-order valence-electron chi connectivity index (χ1n) is 8.10. The minimum absolute atomic E-state index is 0.0491. The number of hydrogen-bond donors (Lipinski definition) is 0. The van der Waals surface area contributed by atoms with Crippen LogP contribution in [0, 0.1) is 5.92 Å². The fraction of sp³-hybridized carbons (Fsp3) is 0.529. The Morgan fingerprint density at radius 3 is 2.36 bits per heavy atom. The van der Waals surface area contributed by atoms with E-state index in [-0.39, 0.29) is 17.7 Å². The monoisotopic (exact) mass is 356 g/mol. The Balaban J connectivity index is 1.59. The molecule has 1 aliphatic heterocycles. The number of benzene rings is 1. The van der Waals surface area contributed by atoms with Crippen molar-refractivity contribution in [2.24, 2.45) is 5.92 Å². The van der Waals surface area contributed by atoms with Gasteiger partial charge in [0.1, 0.15) is 0 Å². The average Bonchev–Trinajstić information content (AvgIpc) is 3.41. The molecular weight excluding hydrogens is 337 g/mol. The first-order valence-corrected chi connectivity index (χ1v) is 8.10. The van der Waals surface area contributed by atoms with Gasteiger partial charge in [0.25, 0.3) is 0 Å². The van der Waals surface area contributed by atoms with E-state index in [0.717, 1.165) is 12.1 Å². The van der Waals surface area contributed by atoms with Gasteiger partial charge < -0.3 is 14.5 Å². The first kappa shape index (κ1) is 17.6. The molecule has 0 aromatic heterocycles. The third-order valence-electron chi connectivity index (χ3n) is 4.77. The fourth-order valence-electron chi connectivity index (χ4n) is 3.25. The van der Waals surface area contributed by atoms with E-state index in [2.05, 4.69) is 4.74 Å². The standard InChI is InChI=1S/C17H19F3N2O3/c1-25-16(24)22-7-5-21(6-8-22)15(23)14-10-13(14)11-3-2-4-12(9-11)17(18,19)20/h2-4,9,13-14H,5-8,10H2,1H3. The van der Waals surface area contributed by atoms with Gasteiger partial charge in [-0.2, -0.15) is 13.2 Å². The molecule has 1 saturated heterocycles. The molecule has 5 nitrogen and oxygen atoms in total. The second-order valence-corrected chi connectivity index (χ2v) is 6.35. The zero-order valence-electron chi connectivity index (χ0n) is 13.8. The second kappa shape index (κ2) is 6.57. The lowest BCUT2D eigenvalue weighted by Crippen LogP contribution is -2.51. The van der Waals surface area contributed by atoms with Crippen LogP contribution in [0.5, 0.6) is 0 Å². The molecule has 2 aliphatic rings. The molecule has 0 radical (unpaired) electrons. The molecule has 25 heavy (non-hydrogen) atoms. The van der Waals surface area contributed by atoms with Gasteiger partial charge in [-0.3, -0.25) is 4.79 Å². The van der Waals surface area contributed by atoms with Crippen molar-refractivity contribution in [2.75, 3.05) is 33.3 Å². The molecule has 2 atom stereocenters. The number of halogens is 3. The normalized spacial score (nSPS) is 23.4. The molecule has 1 saturated carbocycles. The van der Waals surface area contributed by atoms with Crippen LogP contribution in [-0.4, -0.2) is 55.1 Å². The first-order chi connectivity index (χ1) is 11.8. The largest absolute Gasteiger partial charge is 0.453 e. The highest BCUT2D eigenvalue weighted by Crippen LogP contribution is 2.49. The zero-order valence-corrected chi connectivity index (χ0v) is 13.8. The lowest BCUT2D eigenvalue weighted by Gasteiger charge is -2.34. The Kier molecular flexibility index (Phi) is 4.62. The lowest BCUT2D eigenvalue weighted by atomic mass is 10.0. The molecule has 136 valence electrons. The summed E-state index contributed by atoms with van der Waals surface area (Å²) in [7, 11) is 1.31. The van der Waals surface area contributed by atoms with E-state index in [1.54, 1.807) is 11.0 Å². The summed E-state index contributed by atoms with van der Waals surface area (Å²) in [6.07, 6.45) is -4.23. The van der Waals surface area contributed by atoms with Gasteiger partial charge in [0.15, 0.2) is 0 Å². The molecule has 8 heteroatoms. The van der Waals surface area contributed by atoms with E-state index < -0.39 is 17.8 Å². The second-order valence-electron chi connectivity index (χ2n) is 6.35. The number of amides is 2.